The zero-order valence-corrected chi connectivity index (χ0v) is 10.9. The molecule has 1 aromatic heterocycles. The maximum absolute atomic E-state index is 10.6. The van der Waals surface area contributed by atoms with Gasteiger partial charge in [0.25, 0.3) is 0 Å². The van der Waals surface area contributed by atoms with Crippen molar-refractivity contribution < 1.29 is 5.11 Å². The Morgan fingerprint density at radius 2 is 2.00 bits per heavy atom. The van der Waals surface area contributed by atoms with Crippen LogP contribution in [0.15, 0.2) is 36.0 Å². The summed E-state index contributed by atoms with van der Waals surface area (Å²) in [6, 6.07) is 8.35. The van der Waals surface area contributed by atoms with Crippen molar-refractivity contribution in [2.75, 3.05) is 6.54 Å². The Kier molecular flexibility index (Phi) is 2.93. The molecule has 4 heteroatoms. The summed E-state index contributed by atoms with van der Waals surface area (Å²) in [7, 11) is 0. The van der Waals surface area contributed by atoms with Gasteiger partial charge in [0.05, 0.1) is 16.5 Å². The second-order valence-electron chi connectivity index (χ2n) is 5.00. The average molecular weight is 260 g/mol. The van der Waals surface area contributed by atoms with E-state index >= 15 is 0 Å². The molecule has 1 aliphatic carbocycles. The van der Waals surface area contributed by atoms with E-state index in [1.54, 1.807) is 11.7 Å². The fourth-order valence-corrected chi connectivity index (χ4v) is 3.58. The van der Waals surface area contributed by atoms with Crippen molar-refractivity contribution in [1.82, 2.24) is 4.98 Å². The van der Waals surface area contributed by atoms with Crippen LogP contribution in [-0.2, 0) is 12.8 Å². The second kappa shape index (κ2) is 4.46. The molecule has 18 heavy (non-hydrogen) atoms. The van der Waals surface area contributed by atoms with Crippen molar-refractivity contribution in [3.05, 3.63) is 52.0 Å². The fraction of sp³-hybridized carbons (Fsp3) is 0.357. The first kappa shape index (κ1) is 11.8. The van der Waals surface area contributed by atoms with Gasteiger partial charge < -0.3 is 10.8 Å². The Morgan fingerprint density at radius 3 is 2.50 bits per heavy atom. The van der Waals surface area contributed by atoms with Crippen LogP contribution < -0.4 is 5.73 Å². The van der Waals surface area contributed by atoms with Gasteiger partial charge in [-0.3, -0.25) is 4.98 Å². The van der Waals surface area contributed by atoms with Crippen molar-refractivity contribution in [1.29, 1.82) is 0 Å². The minimum absolute atomic E-state index is 0.268. The van der Waals surface area contributed by atoms with Crippen LogP contribution in [0.1, 0.15) is 22.1 Å². The number of hydrogen-bond donors (Lipinski definition) is 2. The molecule has 1 atom stereocenters. The predicted octanol–water partition coefficient (Wildman–Crippen LogP) is 1.92. The molecule has 1 aromatic carbocycles. The molecule has 0 spiro atoms. The van der Waals surface area contributed by atoms with Gasteiger partial charge in [0.1, 0.15) is 0 Å². The highest BCUT2D eigenvalue weighted by Gasteiger charge is 2.43. The number of nitrogens with zero attached hydrogens (tertiary/aromatic N) is 1. The molecule has 0 aliphatic heterocycles. The molecule has 1 heterocycles. The van der Waals surface area contributed by atoms with Gasteiger partial charge >= 0.3 is 0 Å². The topological polar surface area (TPSA) is 59.1 Å². The lowest BCUT2D eigenvalue weighted by molar-refractivity contribution is 0.0385. The van der Waals surface area contributed by atoms with Crippen LogP contribution in [0.25, 0.3) is 0 Å². The SMILES string of the molecule is NCC1(C(O)c2cncs2)Cc2ccccc2C1. The maximum atomic E-state index is 10.6. The first-order valence-electron chi connectivity index (χ1n) is 6.08. The van der Waals surface area contributed by atoms with E-state index in [0.717, 1.165) is 17.7 Å². The average Bonchev–Trinajstić information content (AvgIpc) is 3.05. The number of rotatable bonds is 3. The van der Waals surface area contributed by atoms with Crippen molar-refractivity contribution in [2.24, 2.45) is 11.1 Å². The van der Waals surface area contributed by atoms with E-state index in [9.17, 15) is 5.11 Å². The molecule has 2 aromatic rings. The van der Waals surface area contributed by atoms with Gasteiger partial charge in [0.15, 0.2) is 0 Å². The standard InChI is InChI=1S/C14H16N2OS/c15-8-14(13(17)12-7-16-9-18-12)5-10-3-1-2-4-11(10)6-14/h1-4,7,9,13,17H,5-6,8,15H2. The van der Waals surface area contributed by atoms with Crippen LogP contribution in [0.2, 0.25) is 0 Å². The number of aliphatic hydroxyl groups is 1. The molecule has 0 saturated heterocycles. The third-order valence-electron chi connectivity index (χ3n) is 3.91. The third-order valence-corrected chi connectivity index (χ3v) is 4.74. The summed E-state index contributed by atoms with van der Waals surface area (Å²) in [4.78, 5) is 4.96. The number of aliphatic hydroxyl groups excluding tert-OH is 1. The molecule has 0 bridgehead atoms. The lowest BCUT2D eigenvalue weighted by Crippen LogP contribution is -2.37. The Morgan fingerprint density at radius 1 is 1.33 bits per heavy atom. The smallest absolute Gasteiger partial charge is 0.0972 e. The van der Waals surface area contributed by atoms with Crippen LogP contribution in [0.5, 0.6) is 0 Å². The molecule has 1 aliphatic rings. The largest absolute Gasteiger partial charge is 0.387 e. The van der Waals surface area contributed by atoms with Crippen LogP contribution in [0.4, 0.5) is 0 Å². The van der Waals surface area contributed by atoms with Crippen molar-refractivity contribution in [3.8, 4) is 0 Å². The lowest BCUT2D eigenvalue weighted by atomic mass is 9.78. The quantitative estimate of drug-likeness (QED) is 0.886. The van der Waals surface area contributed by atoms with Crippen LogP contribution in [0, 0.1) is 5.41 Å². The Bertz CT molecular complexity index is 513. The third kappa shape index (κ3) is 1.77. The van der Waals surface area contributed by atoms with Gasteiger partial charge in [0.2, 0.25) is 0 Å². The normalized spacial score (nSPS) is 18.6. The fourth-order valence-electron chi connectivity index (χ4n) is 2.84. The van der Waals surface area contributed by atoms with Gasteiger partial charge in [-0.1, -0.05) is 24.3 Å². The van der Waals surface area contributed by atoms with Gasteiger partial charge in [-0.05, 0) is 24.0 Å². The minimum atomic E-state index is -0.526. The molecule has 3 rings (SSSR count). The van der Waals surface area contributed by atoms with Crippen molar-refractivity contribution in [3.63, 3.8) is 0 Å². The number of thiazole rings is 1. The minimum Gasteiger partial charge on any atom is -0.387 e. The summed E-state index contributed by atoms with van der Waals surface area (Å²) in [6.45, 7) is 0.487. The molecule has 3 N–H and O–H groups in total. The maximum Gasteiger partial charge on any atom is 0.0972 e. The highest BCUT2D eigenvalue weighted by molar-refractivity contribution is 7.09. The Labute approximate surface area is 110 Å². The molecule has 0 radical (unpaired) electrons. The van der Waals surface area contributed by atoms with Crippen molar-refractivity contribution >= 4 is 11.3 Å². The Hall–Kier alpha value is -1.23. The monoisotopic (exact) mass is 260 g/mol. The molecule has 0 fully saturated rings. The van der Waals surface area contributed by atoms with Crippen LogP contribution in [0.3, 0.4) is 0 Å². The van der Waals surface area contributed by atoms with E-state index in [1.807, 2.05) is 12.1 Å². The summed E-state index contributed by atoms with van der Waals surface area (Å²) < 4.78 is 0. The highest BCUT2D eigenvalue weighted by atomic mass is 32.1. The zero-order chi connectivity index (χ0) is 12.6. The summed E-state index contributed by atoms with van der Waals surface area (Å²) in [5.41, 5.74) is 10.1. The summed E-state index contributed by atoms with van der Waals surface area (Å²) in [5.74, 6) is 0. The summed E-state index contributed by atoms with van der Waals surface area (Å²) in [6.07, 6.45) is 2.91. The summed E-state index contributed by atoms with van der Waals surface area (Å²) in [5, 5.41) is 10.6. The molecule has 1 unspecified atom stereocenters. The molecule has 0 saturated carbocycles. The van der Waals surface area contributed by atoms with E-state index in [-0.39, 0.29) is 5.41 Å². The van der Waals surface area contributed by atoms with E-state index < -0.39 is 6.10 Å². The zero-order valence-electron chi connectivity index (χ0n) is 10.0. The van der Waals surface area contributed by atoms with Gasteiger partial charge in [-0.25, -0.2) is 0 Å². The first-order chi connectivity index (χ1) is 8.75. The Balaban J connectivity index is 1.95. The van der Waals surface area contributed by atoms with Crippen molar-refractivity contribution in [2.45, 2.75) is 18.9 Å². The number of nitrogens with two attached hydrogens (primary N) is 1. The molecular formula is C14H16N2OS. The van der Waals surface area contributed by atoms with E-state index in [0.29, 0.717) is 6.54 Å². The summed E-state index contributed by atoms with van der Waals surface area (Å²) >= 11 is 1.49. The van der Waals surface area contributed by atoms with E-state index in [1.165, 1.54) is 22.5 Å². The first-order valence-corrected chi connectivity index (χ1v) is 6.96. The molecular weight excluding hydrogens is 244 g/mol. The molecule has 94 valence electrons. The lowest BCUT2D eigenvalue weighted by Gasteiger charge is -2.32. The molecule has 0 amide bonds. The second-order valence-corrected chi connectivity index (χ2v) is 5.91. The van der Waals surface area contributed by atoms with Gasteiger partial charge in [0, 0.05) is 18.2 Å². The number of benzene rings is 1. The van der Waals surface area contributed by atoms with E-state index in [4.69, 9.17) is 5.73 Å². The highest BCUT2D eigenvalue weighted by Crippen LogP contribution is 2.45. The van der Waals surface area contributed by atoms with E-state index in [2.05, 4.69) is 17.1 Å². The predicted molar refractivity (Wildman–Crippen MR) is 72.4 cm³/mol. The van der Waals surface area contributed by atoms with Gasteiger partial charge in [-0.2, -0.15) is 0 Å². The number of aromatic nitrogens is 1. The van der Waals surface area contributed by atoms with Crippen LogP contribution in [-0.4, -0.2) is 16.6 Å². The van der Waals surface area contributed by atoms with Gasteiger partial charge in [-0.15, -0.1) is 11.3 Å². The number of hydrogen-bond acceptors (Lipinski definition) is 4. The molecule has 3 nitrogen and oxygen atoms in total. The van der Waals surface area contributed by atoms with Crippen LogP contribution >= 0.6 is 11.3 Å². The number of fused-ring (bicyclic) bond motifs is 1.